The fourth-order valence-electron chi connectivity index (χ4n) is 3.64. The van der Waals surface area contributed by atoms with E-state index in [-0.39, 0.29) is 13.2 Å². The number of benzene rings is 2. The third-order valence-electron chi connectivity index (χ3n) is 5.24. The van der Waals surface area contributed by atoms with E-state index in [1.807, 2.05) is 43.5 Å². The molecule has 2 N–H and O–H groups in total. The largest absolute Gasteiger partial charge is 0.456 e. The maximum Gasteiger partial charge on any atom is 0.338 e. The average Bonchev–Trinajstić information content (AvgIpc) is 3.14. The van der Waals surface area contributed by atoms with Crippen LogP contribution in [0.25, 0.3) is 0 Å². The lowest BCUT2D eigenvalue weighted by atomic mass is 9.96. The lowest BCUT2D eigenvalue weighted by Gasteiger charge is -2.32. The minimum atomic E-state index is -0.626. The molecule has 3 amide bonds. The van der Waals surface area contributed by atoms with Gasteiger partial charge in [0.25, 0.3) is 0 Å². The fraction of sp³-hybridized carbons (Fsp3) is 0.227. The molecule has 0 spiro atoms. The highest BCUT2D eigenvalue weighted by Crippen LogP contribution is 2.35. The van der Waals surface area contributed by atoms with Crippen molar-refractivity contribution in [3.63, 3.8) is 0 Å². The number of amides is 3. The summed E-state index contributed by atoms with van der Waals surface area (Å²) in [4.78, 5) is 40.3. The molecule has 2 aliphatic rings. The van der Waals surface area contributed by atoms with Gasteiger partial charge in [-0.3, -0.25) is 9.69 Å². The van der Waals surface area contributed by atoms with Crippen LogP contribution in [0, 0.1) is 6.92 Å². The van der Waals surface area contributed by atoms with Gasteiger partial charge >= 0.3 is 12.0 Å². The number of nitrogens with one attached hydrogen (secondary N) is 2. The average molecular weight is 458 g/mol. The zero-order valence-electron chi connectivity index (χ0n) is 16.9. The molecule has 0 bridgehead atoms. The van der Waals surface area contributed by atoms with Gasteiger partial charge < -0.3 is 15.4 Å². The first-order valence-electron chi connectivity index (χ1n) is 9.56. The molecule has 0 saturated carbocycles. The Morgan fingerprint density at radius 2 is 2.00 bits per heavy atom. The number of carbonyl (C=O) groups excluding carboxylic acids is 3. The van der Waals surface area contributed by atoms with Crippen LogP contribution in [0.1, 0.15) is 17.2 Å². The van der Waals surface area contributed by atoms with Crippen LogP contribution < -0.4 is 10.6 Å². The molecule has 1 atom stereocenters. The second-order valence-electron chi connectivity index (χ2n) is 7.16. The van der Waals surface area contributed by atoms with Gasteiger partial charge in [0.1, 0.15) is 13.2 Å². The van der Waals surface area contributed by atoms with Crippen molar-refractivity contribution >= 4 is 47.0 Å². The topological polar surface area (TPSA) is 87.7 Å². The van der Waals surface area contributed by atoms with E-state index in [1.54, 1.807) is 23.9 Å². The van der Waals surface area contributed by atoms with E-state index in [9.17, 15) is 14.4 Å². The highest BCUT2D eigenvalue weighted by atomic mass is 35.5. The molecule has 160 valence electrons. The first-order valence-corrected chi connectivity index (χ1v) is 11.2. The predicted molar refractivity (Wildman–Crippen MR) is 119 cm³/mol. The molecular weight excluding hydrogens is 438 g/mol. The Labute approximate surface area is 188 Å². The Morgan fingerprint density at radius 3 is 2.68 bits per heavy atom. The van der Waals surface area contributed by atoms with E-state index in [1.165, 1.54) is 4.90 Å². The van der Waals surface area contributed by atoms with Crippen LogP contribution in [0.5, 0.6) is 0 Å². The minimum absolute atomic E-state index is 0.0562. The second-order valence-corrected chi connectivity index (χ2v) is 8.45. The Balaban J connectivity index is 1.60. The molecule has 2 heterocycles. The number of esters is 1. The van der Waals surface area contributed by atoms with Gasteiger partial charge in [0.15, 0.2) is 0 Å². The van der Waals surface area contributed by atoms with Crippen molar-refractivity contribution in [1.82, 2.24) is 10.2 Å². The molecule has 9 heteroatoms. The summed E-state index contributed by atoms with van der Waals surface area (Å²) in [5.74, 6) is -0.929. The molecule has 0 aliphatic carbocycles. The van der Waals surface area contributed by atoms with E-state index < -0.39 is 23.9 Å². The summed E-state index contributed by atoms with van der Waals surface area (Å²) in [5, 5.41) is 5.99. The van der Waals surface area contributed by atoms with Gasteiger partial charge in [0.05, 0.1) is 28.0 Å². The van der Waals surface area contributed by atoms with Gasteiger partial charge in [-0.25, -0.2) is 9.59 Å². The number of urea groups is 1. The van der Waals surface area contributed by atoms with Crippen LogP contribution in [-0.4, -0.2) is 42.2 Å². The molecule has 0 unspecified atom stereocenters. The van der Waals surface area contributed by atoms with E-state index in [0.29, 0.717) is 22.0 Å². The highest BCUT2D eigenvalue weighted by molar-refractivity contribution is 7.98. The number of hydrogen-bond donors (Lipinski definition) is 2. The Morgan fingerprint density at radius 1 is 1.26 bits per heavy atom. The minimum Gasteiger partial charge on any atom is -0.456 e. The van der Waals surface area contributed by atoms with Crippen LogP contribution in [0.15, 0.2) is 58.6 Å². The first-order chi connectivity index (χ1) is 14.9. The standard InChI is InChI=1S/C22H20ClN3O4S/c1-12-4-3-5-15(23)19(12)24-17(27)10-26-16-11-30-21(28)18(16)20(25-22(26)29)13-6-8-14(31-2)9-7-13/h3-9,20H,10-11H2,1-2H3,(H,24,27)(H,25,29)/t20-/m1/s1. The van der Waals surface area contributed by atoms with Gasteiger partial charge in [-0.1, -0.05) is 35.9 Å². The van der Waals surface area contributed by atoms with Gasteiger partial charge in [0, 0.05) is 4.90 Å². The first kappa shape index (κ1) is 21.3. The van der Waals surface area contributed by atoms with Crippen LogP contribution in [0.3, 0.4) is 0 Å². The van der Waals surface area contributed by atoms with E-state index in [4.69, 9.17) is 16.3 Å². The Bertz CT molecular complexity index is 1080. The summed E-state index contributed by atoms with van der Waals surface area (Å²) >= 11 is 7.78. The third kappa shape index (κ3) is 4.13. The molecule has 0 aromatic heterocycles. The molecule has 0 radical (unpaired) electrons. The second kappa shape index (κ2) is 8.64. The number of hydrogen-bond acceptors (Lipinski definition) is 5. The van der Waals surface area contributed by atoms with Crippen molar-refractivity contribution in [2.24, 2.45) is 0 Å². The highest BCUT2D eigenvalue weighted by Gasteiger charge is 2.42. The number of para-hydroxylation sites is 1. The van der Waals surface area contributed by atoms with Crippen molar-refractivity contribution in [2.45, 2.75) is 17.9 Å². The maximum absolute atomic E-state index is 12.9. The van der Waals surface area contributed by atoms with Gasteiger partial charge in [-0.2, -0.15) is 0 Å². The van der Waals surface area contributed by atoms with E-state index >= 15 is 0 Å². The lowest BCUT2D eigenvalue weighted by Crippen LogP contribution is -2.49. The molecule has 2 aromatic rings. The molecular formula is C22H20ClN3O4S. The number of rotatable bonds is 5. The van der Waals surface area contributed by atoms with E-state index in [2.05, 4.69) is 10.6 Å². The van der Waals surface area contributed by atoms with Crippen molar-refractivity contribution in [3.8, 4) is 0 Å². The molecule has 4 rings (SSSR count). The van der Waals surface area contributed by atoms with Gasteiger partial charge in [-0.15, -0.1) is 11.8 Å². The molecule has 2 aliphatic heterocycles. The number of ether oxygens (including phenoxy) is 1. The predicted octanol–water partition coefficient (Wildman–Crippen LogP) is 3.89. The molecule has 0 fully saturated rings. The van der Waals surface area contributed by atoms with Crippen molar-refractivity contribution in [1.29, 1.82) is 0 Å². The summed E-state index contributed by atoms with van der Waals surface area (Å²) in [6.45, 7) is 1.50. The zero-order chi connectivity index (χ0) is 22.1. The molecule has 7 nitrogen and oxygen atoms in total. The molecule has 0 saturated heterocycles. The van der Waals surface area contributed by atoms with Crippen LogP contribution in [0.2, 0.25) is 5.02 Å². The summed E-state index contributed by atoms with van der Waals surface area (Å²) in [7, 11) is 0. The summed E-state index contributed by atoms with van der Waals surface area (Å²) in [5.41, 5.74) is 2.81. The summed E-state index contributed by atoms with van der Waals surface area (Å²) < 4.78 is 5.21. The normalized spacial score (nSPS) is 17.9. The smallest absolute Gasteiger partial charge is 0.338 e. The summed E-state index contributed by atoms with van der Waals surface area (Å²) in [6.07, 6.45) is 1.97. The number of thioether (sulfide) groups is 1. The number of carbonyl (C=O) groups is 3. The van der Waals surface area contributed by atoms with E-state index in [0.717, 1.165) is 16.0 Å². The number of anilines is 1. The Hall–Kier alpha value is -2.97. The van der Waals surface area contributed by atoms with Crippen molar-refractivity contribution in [2.75, 3.05) is 24.7 Å². The molecule has 2 aromatic carbocycles. The number of halogens is 1. The summed E-state index contributed by atoms with van der Waals surface area (Å²) in [6, 6.07) is 11.8. The number of nitrogens with zero attached hydrogens (tertiary/aromatic N) is 1. The van der Waals surface area contributed by atoms with Gasteiger partial charge in [0.2, 0.25) is 5.91 Å². The number of cyclic esters (lactones) is 1. The fourth-order valence-corrected chi connectivity index (χ4v) is 4.31. The van der Waals surface area contributed by atoms with Crippen molar-refractivity contribution < 1.29 is 19.1 Å². The van der Waals surface area contributed by atoms with Crippen molar-refractivity contribution in [3.05, 3.63) is 69.9 Å². The molecule has 31 heavy (non-hydrogen) atoms. The van der Waals surface area contributed by atoms with Crippen LogP contribution >= 0.6 is 23.4 Å². The van der Waals surface area contributed by atoms with Crippen LogP contribution in [0.4, 0.5) is 10.5 Å². The van der Waals surface area contributed by atoms with Gasteiger partial charge in [-0.05, 0) is 42.5 Å². The Kier molecular flexibility index (Phi) is 5.93. The third-order valence-corrected chi connectivity index (χ3v) is 6.29. The SMILES string of the molecule is CSc1ccc([C@H]2NC(=O)N(CC(=O)Nc3c(C)cccc3Cl)C3=C2C(=O)OC3)cc1. The monoisotopic (exact) mass is 457 g/mol. The number of aryl methyl sites for hydroxylation is 1. The lowest BCUT2D eigenvalue weighted by molar-refractivity contribution is -0.136. The zero-order valence-corrected chi connectivity index (χ0v) is 18.5. The van der Waals surface area contributed by atoms with Crippen LogP contribution in [-0.2, 0) is 14.3 Å². The maximum atomic E-state index is 12.9. The quantitative estimate of drug-likeness (QED) is 0.525.